The molecule has 0 aromatic heterocycles. The highest BCUT2D eigenvalue weighted by Crippen LogP contribution is 2.22. The molecule has 0 aliphatic heterocycles. The third-order valence-corrected chi connectivity index (χ3v) is 6.82. The smallest absolute Gasteiger partial charge is 0.328 e. The van der Waals surface area contributed by atoms with Crippen LogP contribution in [0.4, 0.5) is 4.79 Å². The number of benzene rings is 2. The quantitative estimate of drug-likeness (QED) is 0.517. The van der Waals surface area contributed by atoms with Crippen LogP contribution in [0.15, 0.2) is 47.4 Å². The Kier molecular flexibility index (Phi) is 7.60. The van der Waals surface area contributed by atoms with Gasteiger partial charge >= 0.3 is 6.03 Å². The molecule has 1 fully saturated rings. The third kappa shape index (κ3) is 7.10. The summed E-state index contributed by atoms with van der Waals surface area (Å²) in [6.07, 6.45) is 0.759. The minimum absolute atomic E-state index is 0.0657. The van der Waals surface area contributed by atoms with E-state index in [4.69, 9.17) is 19.1 Å². The van der Waals surface area contributed by atoms with E-state index in [9.17, 15) is 18.0 Å². The van der Waals surface area contributed by atoms with Crippen LogP contribution in [0, 0.1) is 0 Å². The second kappa shape index (κ2) is 11.4. The Hall–Kier alpha value is -2.78. The fourth-order valence-corrected chi connectivity index (χ4v) is 4.56. The first-order chi connectivity index (χ1) is 16.5. The summed E-state index contributed by atoms with van der Waals surface area (Å²) in [5.74, 6) is 0.0650. The standard InChI is InChI=1S/C23H28ClN3O5S/c1-32-21-12-9-17(24)15-20(21)22(28)25-14-13-16-7-10-19(11-8-16)33(30,31)27-23(29)26-18-5-3-2-4-6-18/h7-12,15,18H,2-6,13-14H2,1H3,(H,25,28)(H2,26,27,29)/i2D2. The van der Waals surface area contributed by atoms with Crippen molar-refractivity contribution in [3.8, 4) is 5.75 Å². The molecule has 3 rings (SSSR count). The SMILES string of the molecule is [2H]C1([2H])CCC(NC(=O)NS(=O)(=O)c2ccc(CCNC(=O)c3cc(Cl)ccc3OC)cc2)CC1. The number of hydrogen-bond acceptors (Lipinski definition) is 5. The first-order valence-corrected chi connectivity index (χ1v) is 12.4. The van der Waals surface area contributed by atoms with Gasteiger partial charge in [0, 0.05) is 20.4 Å². The zero-order chi connectivity index (χ0) is 25.6. The van der Waals surface area contributed by atoms with E-state index in [0.717, 1.165) is 5.56 Å². The number of nitrogens with one attached hydrogen (secondary N) is 3. The van der Waals surface area contributed by atoms with E-state index in [1.54, 1.807) is 24.3 Å². The lowest BCUT2D eigenvalue weighted by Crippen LogP contribution is -2.45. The van der Waals surface area contributed by atoms with Gasteiger partial charge in [0.05, 0.1) is 17.6 Å². The van der Waals surface area contributed by atoms with Gasteiger partial charge in [-0.15, -0.1) is 0 Å². The van der Waals surface area contributed by atoms with E-state index < -0.39 is 22.4 Å². The number of carbonyl (C=O) groups is 2. The van der Waals surface area contributed by atoms with Crippen LogP contribution >= 0.6 is 11.6 Å². The van der Waals surface area contributed by atoms with E-state index in [1.807, 2.05) is 4.72 Å². The summed E-state index contributed by atoms with van der Waals surface area (Å²) >= 11 is 5.96. The van der Waals surface area contributed by atoms with Gasteiger partial charge in [-0.2, -0.15) is 0 Å². The second-order valence-electron chi connectivity index (χ2n) is 7.60. The average Bonchev–Trinajstić information content (AvgIpc) is 2.80. The molecule has 0 spiro atoms. The molecular formula is C23H28ClN3O5S. The van der Waals surface area contributed by atoms with Crippen molar-refractivity contribution in [1.29, 1.82) is 0 Å². The number of carbonyl (C=O) groups excluding carboxylic acids is 2. The maximum absolute atomic E-state index is 12.5. The average molecular weight is 496 g/mol. The van der Waals surface area contributed by atoms with Crippen LogP contribution in [0.2, 0.25) is 5.02 Å². The molecule has 8 nitrogen and oxygen atoms in total. The lowest BCUT2D eigenvalue weighted by Gasteiger charge is -2.22. The zero-order valence-electron chi connectivity index (χ0n) is 20.2. The Morgan fingerprint density at radius 3 is 2.52 bits per heavy atom. The van der Waals surface area contributed by atoms with E-state index in [1.165, 1.54) is 25.3 Å². The van der Waals surface area contributed by atoms with Gasteiger partial charge in [-0.25, -0.2) is 17.9 Å². The fraction of sp³-hybridized carbons (Fsp3) is 0.391. The van der Waals surface area contributed by atoms with Crippen molar-refractivity contribution in [3.05, 3.63) is 58.6 Å². The first-order valence-electron chi connectivity index (χ1n) is 11.5. The molecule has 0 radical (unpaired) electrons. The van der Waals surface area contributed by atoms with Crippen LogP contribution in [0.3, 0.4) is 0 Å². The molecule has 2 aromatic rings. The monoisotopic (exact) mass is 495 g/mol. The van der Waals surface area contributed by atoms with Crippen molar-refractivity contribution >= 4 is 33.6 Å². The molecule has 0 saturated heterocycles. The first kappa shape index (κ1) is 22.0. The number of urea groups is 1. The zero-order valence-corrected chi connectivity index (χ0v) is 19.8. The maximum Gasteiger partial charge on any atom is 0.328 e. The lowest BCUT2D eigenvalue weighted by molar-refractivity contribution is 0.0951. The predicted molar refractivity (Wildman–Crippen MR) is 126 cm³/mol. The van der Waals surface area contributed by atoms with Crippen molar-refractivity contribution in [2.75, 3.05) is 13.7 Å². The molecule has 10 heteroatoms. The van der Waals surface area contributed by atoms with Gasteiger partial charge in [-0.3, -0.25) is 4.79 Å². The molecule has 3 N–H and O–H groups in total. The largest absolute Gasteiger partial charge is 0.496 e. The van der Waals surface area contributed by atoms with E-state index >= 15 is 0 Å². The topological polar surface area (TPSA) is 114 Å². The second-order valence-corrected chi connectivity index (χ2v) is 9.72. The van der Waals surface area contributed by atoms with Gasteiger partial charge in [-0.05, 0) is 55.2 Å². The van der Waals surface area contributed by atoms with E-state index in [2.05, 4.69) is 10.6 Å². The molecule has 3 amide bonds. The van der Waals surface area contributed by atoms with Gasteiger partial charge in [0.15, 0.2) is 0 Å². The number of methoxy groups -OCH3 is 1. The van der Waals surface area contributed by atoms with Crippen LogP contribution in [0.1, 0.15) is 50.7 Å². The molecule has 0 heterocycles. The van der Waals surface area contributed by atoms with Gasteiger partial charge in [-0.1, -0.05) is 42.9 Å². The summed E-state index contributed by atoms with van der Waals surface area (Å²) in [7, 11) is -2.60. The van der Waals surface area contributed by atoms with Crippen LogP contribution in [0.5, 0.6) is 5.75 Å². The molecule has 33 heavy (non-hydrogen) atoms. The number of hydrogen-bond donors (Lipinski definition) is 3. The normalized spacial score (nSPS) is 16.8. The Bertz CT molecular complexity index is 1170. The molecule has 2 aromatic carbocycles. The molecular weight excluding hydrogens is 466 g/mol. The highest BCUT2D eigenvalue weighted by atomic mass is 35.5. The number of sulfonamides is 1. The summed E-state index contributed by atoms with van der Waals surface area (Å²) < 4.78 is 47.7. The van der Waals surface area contributed by atoms with E-state index in [0.29, 0.717) is 55.0 Å². The van der Waals surface area contributed by atoms with Crippen molar-refractivity contribution < 1.29 is 25.5 Å². The number of halogens is 1. The fourth-order valence-electron chi connectivity index (χ4n) is 3.47. The Balaban J connectivity index is 1.50. The summed E-state index contributed by atoms with van der Waals surface area (Å²) in [4.78, 5) is 24.5. The lowest BCUT2D eigenvalue weighted by atomic mass is 9.96. The highest BCUT2D eigenvalue weighted by molar-refractivity contribution is 7.90. The Morgan fingerprint density at radius 1 is 1.15 bits per heavy atom. The molecule has 1 saturated carbocycles. The minimum atomic E-state index is -4.06. The minimum Gasteiger partial charge on any atom is -0.496 e. The van der Waals surface area contributed by atoms with Crippen LogP contribution in [0.25, 0.3) is 0 Å². The van der Waals surface area contributed by atoms with Crippen LogP contribution in [-0.4, -0.2) is 40.1 Å². The molecule has 0 unspecified atom stereocenters. The predicted octanol–water partition coefficient (Wildman–Crippen LogP) is 3.64. The van der Waals surface area contributed by atoms with E-state index in [-0.39, 0.29) is 16.8 Å². The van der Waals surface area contributed by atoms with Gasteiger partial charge in [0.25, 0.3) is 15.9 Å². The van der Waals surface area contributed by atoms with Crippen molar-refractivity contribution in [2.45, 2.75) is 49.4 Å². The molecule has 1 aliphatic rings. The van der Waals surface area contributed by atoms with Crippen molar-refractivity contribution in [1.82, 2.24) is 15.4 Å². The Labute approximate surface area is 201 Å². The summed E-state index contributed by atoms with van der Waals surface area (Å²) in [5.41, 5.74) is 1.11. The Morgan fingerprint density at radius 2 is 1.85 bits per heavy atom. The maximum atomic E-state index is 12.5. The van der Waals surface area contributed by atoms with Gasteiger partial charge in [0.2, 0.25) is 0 Å². The summed E-state index contributed by atoms with van der Waals surface area (Å²) in [6.45, 7) is 0.306. The molecule has 1 aliphatic carbocycles. The number of amides is 3. The van der Waals surface area contributed by atoms with Crippen LogP contribution in [-0.2, 0) is 16.4 Å². The molecule has 178 valence electrons. The highest BCUT2D eigenvalue weighted by Gasteiger charge is 2.21. The molecule has 0 atom stereocenters. The summed E-state index contributed by atoms with van der Waals surface area (Å²) in [5, 5.41) is 5.80. The number of ether oxygens (including phenoxy) is 1. The van der Waals surface area contributed by atoms with Crippen molar-refractivity contribution in [2.24, 2.45) is 0 Å². The van der Waals surface area contributed by atoms with Crippen molar-refractivity contribution in [3.63, 3.8) is 0 Å². The third-order valence-electron chi connectivity index (χ3n) is 5.24. The van der Waals surface area contributed by atoms with Gasteiger partial charge < -0.3 is 15.4 Å². The summed E-state index contributed by atoms with van der Waals surface area (Å²) in [6, 6.07) is 9.67. The number of rotatable bonds is 8. The molecule has 0 bridgehead atoms. The van der Waals surface area contributed by atoms with Gasteiger partial charge in [0.1, 0.15) is 5.75 Å². The van der Waals surface area contributed by atoms with Crippen LogP contribution < -0.4 is 20.1 Å².